The van der Waals surface area contributed by atoms with Crippen molar-refractivity contribution in [2.75, 3.05) is 19.7 Å². The normalized spacial score (nSPS) is 22.2. The molecule has 2 heterocycles. The molecule has 25 heavy (non-hydrogen) atoms. The Labute approximate surface area is 149 Å². The largest absolute Gasteiger partial charge is 0.466 e. The number of carbonyl (C=O) groups excluding carboxylic acids is 2. The van der Waals surface area contributed by atoms with Crippen LogP contribution in [-0.2, 0) is 14.3 Å². The molecule has 3 rings (SSSR count). The first kappa shape index (κ1) is 17.7. The van der Waals surface area contributed by atoms with E-state index in [1.807, 2.05) is 4.90 Å². The van der Waals surface area contributed by atoms with Crippen LogP contribution in [0.25, 0.3) is 6.08 Å². The van der Waals surface area contributed by atoms with Crippen LogP contribution < -0.4 is 0 Å². The van der Waals surface area contributed by atoms with E-state index in [2.05, 4.69) is 4.99 Å². The summed E-state index contributed by atoms with van der Waals surface area (Å²) in [5, 5.41) is 0.618. The molecule has 1 unspecified atom stereocenters. The van der Waals surface area contributed by atoms with Gasteiger partial charge in [0.15, 0.2) is 5.17 Å². The summed E-state index contributed by atoms with van der Waals surface area (Å²) in [5.41, 5.74) is 0.747. The lowest BCUT2D eigenvalue weighted by atomic mass is 9.99. The first-order valence-corrected chi connectivity index (χ1v) is 9.08. The third-order valence-corrected chi connectivity index (χ3v) is 5.13. The molecule has 7 heteroatoms. The molecule has 5 nitrogen and oxygen atoms in total. The number of hydrogen-bond acceptors (Lipinski definition) is 5. The van der Waals surface area contributed by atoms with Crippen LogP contribution in [-0.4, -0.2) is 41.6 Å². The smallest absolute Gasteiger partial charge is 0.310 e. The number of benzene rings is 1. The van der Waals surface area contributed by atoms with Gasteiger partial charge in [0.25, 0.3) is 5.91 Å². The molecule has 0 radical (unpaired) electrons. The summed E-state index contributed by atoms with van der Waals surface area (Å²) in [6.45, 7) is 3.44. The molecule has 1 aromatic rings. The van der Waals surface area contributed by atoms with E-state index in [0.717, 1.165) is 24.9 Å². The lowest BCUT2D eigenvalue weighted by Crippen LogP contribution is -2.41. The summed E-state index contributed by atoms with van der Waals surface area (Å²) in [6, 6.07) is 5.94. The fourth-order valence-corrected chi connectivity index (χ4v) is 3.80. The van der Waals surface area contributed by atoms with Gasteiger partial charge >= 0.3 is 5.97 Å². The van der Waals surface area contributed by atoms with Gasteiger partial charge in [0.1, 0.15) is 5.82 Å². The molecule has 1 saturated heterocycles. The van der Waals surface area contributed by atoms with Gasteiger partial charge < -0.3 is 9.64 Å². The summed E-state index contributed by atoms with van der Waals surface area (Å²) >= 11 is 1.29. The molecule has 0 saturated carbocycles. The van der Waals surface area contributed by atoms with Gasteiger partial charge in [-0.25, -0.2) is 4.39 Å². The van der Waals surface area contributed by atoms with Crippen LogP contribution in [0.2, 0.25) is 0 Å². The summed E-state index contributed by atoms with van der Waals surface area (Å²) in [7, 11) is 0. The maximum atomic E-state index is 13.0. The third-order valence-electron chi connectivity index (χ3n) is 4.09. The van der Waals surface area contributed by atoms with Crippen LogP contribution >= 0.6 is 11.8 Å². The minimum Gasteiger partial charge on any atom is -0.466 e. The highest BCUT2D eigenvalue weighted by Gasteiger charge is 2.32. The average Bonchev–Trinajstić information content (AvgIpc) is 2.98. The highest BCUT2D eigenvalue weighted by Crippen LogP contribution is 2.32. The Morgan fingerprint density at radius 2 is 2.20 bits per heavy atom. The van der Waals surface area contributed by atoms with Gasteiger partial charge in [0, 0.05) is 13.1 Å². The number of amidine groups is 1. The molecular formula is C18H19FN2O3S. The highest BCUT2D eigenvalue weighted by atomic mass is 32.2. The number of esters is 1. The molecule has 0 aliphatic carbocycles. The molecule has 0 N–H and O–H groups in total. The molecule has 1 atom stereocenters. The van der Waals surface area contributed by atoms with E-state index in [1.165, 1.54) is 23.9 Å². The number of thioether (sulfide) groups is 1. The van der Waals surface area contributed by atoms with Crippen LogP contribution in [0.15, 0.2) is 34.2 Å². The maximum absolute atomic E-state index is 13.0. The molecule has 132 valence electrons. The molecule has 1 fully saturated rings. The van der Waals surface area contributed by atoms with Gasteiger partial charge in [-0.05, 0) is 55.3 Å². The Kier molecular flexibility index (Phi) is 5.53. The van der Waals surface area contributed by atoms with E-state index >= 15 is 0 Å². The number of ether oxygens (including phenoxy) is 1. The van der Waals surface area contributed by atoms with E-state index in [-0.39, 0.29) is 23.6 Å². The monoisotopic (exact) mass is 362 g/mol. The van der Waals surface area contributed by atoms with E-state index in [0.29, 0.717) is 23.2 Å². The van der Waals surface area contributed by atoms with Crippen LogP contribution in [0, 0.1) is 11.7 Å². The van der Waals surface area contributed by atoms with Crippen molar-refractivity contribution >= 4 is 34.9 Å². The standard InChI is InChI=1S/C18H19FN2O3S/c1-2-24-17(23)13-4-3-9-21(11-13)18-20-16(22)15(25-18)10-12-5-7-14(19)8-6-12/h5-8,10,13H,2-4,9,11H2,1H3. The Morgan fingerprint density at radius 3 is 2.92 bits per heavy atom. The van der Waals surface area contributed by atoms with E-state index in [4.69, 9.17) is 4.74 Å². The maximum Gasteiger partial charge on any atom is 0.310 e. The fraction of sp³-hybridized carbons (Fsp3) is 0.389. The minimum atomic E-state index is -0.317. The van der Waals surface area contributed by atoms with Crippen molar-refractivity contribution in [3.05, 3.63) is 40.6 Å². The van der Waals surface area contributed by atoms with Crippen molar-refractivity contribution in [1.82, 2.24) is 4.90 Å². The van der Waals surface area contributed by atoms with Crippen LogP contribution in [0.3, 0.4) is 0 Å². The molecule has 0 bridgehead atoms. The predicted octanol–water partition coefficient (Wildman–Crippen LogP) is 3.07. The number of aliphatic imine (C=N–C) groups is 1. The fourth-order valence-electron chi connectivity index (χ4n) is 2.85. The topological polar surface area (TPSA) is 59.0 Å². The molecule has 2 aliphatic rings. The third kappa shape index (κ3) is 4.28. The molecular weight excluding hydrogens is 343 g/mol. The van der Waals surface area contributed by atoms with Crippen molar-refractivity contribution in [3.8, 4) is 0 Å². The Bertz CT molecular complexity index is 730. The van der Waals surface area contributed by atoms with Crippen molar-refractivity contribution in [1.29, 1.82) is 0 Å². The second-order valence-electron chi connectivity index (χ2n) is 5.90. The van der Waals surface area contributed by atoms with E-state index in [9.17, 15) is 14.0 Å². The van der Waals surface area contributed by atoms with E-state index in [1.54, 1.807) is 25.1 Å². The highest BCUT2D eigenvalue weighted by molar-refractivity contribution is 8.18. The van der Waals surface area contributed by atoms with Crippen molar-refractivity contribution in [2.45, 2.75) is 19.8 Å². The summed E-state index contributed by atoms with van der Waals surface area (Å²) in [6.07, 6.45) is 3.35. The first-order valence-electron chi connectivity index (χ1n) is 8.26. The SMILES string of the molecule is CCOC(=O)C1CCCN(C2=NC(=O)C(=Cc3ccc(F)cc3)S2)C1. The first-order chi connectivity index (χ1) is 12.1. The number of nitrogens with zero attached hydrogens (tertiary/aromatic N) is 2. The van der Waals surface area contributed by atoms with Gasteiger partial charge in [-0.3, -0.25) is 9.59 Å². The number of piperidine rings is 1. The van der Waals surface area contributed by atoms with Crippen molar-refractivity contribution < 1.29 is 18.7 Å². The summed E-state index contributed by atoms with van der Waals surface area (Å²) in [5.74, 6) is -0.994. The Balaban J connectivity index is 1.68. The van der Waals surface area contributed by atoms with Crippen LogP contribution in [0.5, 0.6) is 0 Å². The minimum absolute atomic E-state index is 0.183. The quantitative estimate of drug-likeness (QED) is 0.611. The lowest BCUT2D eigenvalue weighted by molar-refractivity contribution is -0.149. The van der Waals surface area contributed by atoms with Gasteiger partial charge in [-0.15, -0.1) is 0 Å². The van der Waals surface area contributed by atoms with Crippen molar-refractivity contribution in [2.24, 2.45) is 10.9 Å². The zero-order valence-corrected chi connectivity index (χ0v) is 14.7. The van der Waals surface area contributed by atoms with Crippen molar-refractivity contribution in [3.63, 3.8) is 0 Å². The molecule has 1 amide bonds. The van der Waals surface area contributed by atoms with Crippen LogP contribution in [0.4, 0.5) is 4.39 Å². The Morgan fingerprint density at radius 1 is 1.44 bits per heavy atom. The molecule has 1 aromatic carbocycles. The number of hydrogen-bond donors (Lipinski definition) is 0. The predicted molar refractivity (Wildman–Crippen MR) is 95.3 cm³/mol. The average molecular weight is 362 g/mol. The van der Waals surface area contributed by atoms with Gasteiger partial charge in [-0.2, -0.15) is 4.99 Å². The van der Waals surface area contributed by atoms with Gasteiger partial charge in [0.2, 0.25) is 0 Å². The summed E-state index contributed by atoms with van der Waals surface area (Å²) in [4.78, 5) is 30.7. The molecule has 0 aromatic heterocycles. The lowest BCUT2D eigenvalue weighted by Gasteiger charge is -2.32. The van der Waals surface area contributed by atoms with Gasteiger partial charge in [-0.1, -0.05) is 12.1 Å². The number of likely N-dealkylation sites (tertiary alicyclic amines) is 1. The zero-order valence-electron chi connectivity index (χ0n) is 13.9. The number of carbonyl (C=O) groups is 2. The molecule has 0 spiro atoms. The van der Waals surface area contributed by atoms with E-state index < -0.39 is 0 Å². The second kappa shape index (κ2) is 7.82. The number of rotatable bonds is 3. The second-order valence-corrected chi connectivity index (χ2v) is 6.91. The number of halogens is 1. The van der Waals surface area contributed by atoms with Crippen LogP contribution in [0.1, 0.15) is 25.3 Å². The number of amides is 1. The summed E-state index contributed by atoms with van der Waals surface area (Å²) < 4.78 is 18.1. The Hall–Kier alpha value is -2.15. The van der Waals surface area contributed by atoms with Gasteiger partial charge in [0.05, 0.1) is 17.4 Å². The molecule has 2 aliphatic heterocycles. The zero-order chi connectivity index (χ0) is 17.8.